The summed E-state index contributed by atoms with van der Waals surface area (Å²) in [6.45, 7) is 4.16. The predicted octanol–water partition coefficient (Wildman–Crippen LogP) is 3.39. The lowest BCUT2D eigenvalue weighted by Crippen LogP contribution is -2.32. The number of hydrogen-bond acceptors (Lipinski definition) is 4. The van der Waals surface area contributed by atoms with Crippen molar-refractivity contribution in [2.75, 3.05) is 39.2 Å². The average molecular weight is 369 g/mol. The molecule has 0 radical (unpaired) electrons. The molecule has 0 unspecified atom stereocenters. The van der Waals surface area contributed by atoms with Crippen molar-refractivity contribution in [2.24, 2.45) is 4.99 Å². The second-order valence-electron chi connectivity index (χ2n) is 6.39. The van der Waals surface area contributed by atoms with Gasteiger partial charge in [-0.15, -0.1) is 0 Å². The zero-order chi connectivity index (χ0) is 19.1. The van der Waals surface area contributed by atoms with Crippen LogP contribution in [0.4, 0.5) is 5.69 Å². The first kappa shape index (κ1) is 18.9. The van der Waals surface area contributed by atoms with Gasteiger partial charge >= 0.3 is 0 Å². The topological polar surface area (TPSA) is 64.1 Å². The highest BCUT2D eigenvalue weighted by Crippen LogP contribution is 2.32. The van der Waals surface area contributed by atoms with Crippen LogP contribution in [0.15, 0.2) is 41.4 Å². The summed E-state index contributed by atoms with van der Waals surface area (Å²) >= 11 is 0. The van der Waals surface area contributed by atoms with E-state index in [4.69, 9.17) is 14.2 Å². The fraction of sp³-hybridized carbons (Fsp3) is 0.381. The maximum absolute atomic E-state index is 5.74. The minimum atomic E-state index is 0.670. The normalized spacial score (nSPS) is 13.7. The molecule has 1 aliphatic heterocycles. The molecule has 2 aromatic carbocycles. The van der Waals surface area contributed by atoms with Crippen molar-refractivity contribution in [1.29, 1.82) is 0 Å². The van der Waals surface area contributed by atoms with Crippen molar-refractivity contribution in [1.82, 2.24) is 5.32 Å². The van der Waals surface area contributed by atoms with Crippen molar-refractivity contribution in [3.05, 3.63) is 47.5 Å². The minimum absolute atomic E-state index is 0.670. The fourth-order valence-electron chi connectivity index (χ4n) is 2.90. The summed E-state index contributed by atoms with van der Waals surface area (Å²) in [7, 11) is 3.46. The summed E-state index contributed by atoms with van der Waals surface area (Å²) in [6.07, 6.45) is 1.77. The minimum Gasteiger partial charge on any atom is -0.496 e. The van der Waals surface area contributed by atoms with Gasteiger partial charge < -0.3 is 24.8 Å². The summed E-state index contributed by atoms with van der Waals surface area (Å²) < 4.78 is 16.8. The van der Waals surface area contributed by atoms with E-state index in [1.165, 1.54) is 5.56 Å². The summed E-state index contributed by atoms with van der Waals surface area (Å²) in [4.78, 5) is 4.29. The molecule has 0 atom stereocenters. The molecule has 3 rings (SSSR count). The SMILES string of the molecule is CN=C(NCCc1ccc(C)c(OC)c1)Nc1ccc2c(c1)OCCCO2. The monoisotopic (exact) mass is 369 g/mol. The molecule has 0 aromatic heterocycles. The number of anilines is 1. The van der Waals surface area contributed by atoms with Crippen LogP contribution in [0.1, 0.15) is 17.5 Å². The molecule has 0 fully saturated rings. The Labute approximate surface area is 160 Å². The van der Waals surface area contributed by atoms with Crippen LogP contribution < -0.4 is 24.8 Å². The third-order valence-electron chi connectivity index (χ3n) is 4.41. The number of benzene rings is 2. The van der Waals surface area contributed by atoms with Crippen LogP contribution in [-0.2, 0) is 6.42 Å². The summed E-state index contributed by atoms with van der Waals surface area (Å²) in [5, 5.41) is 6.63. The molecule has 6 heteroatoms. The Bertz CT molecular complexity index is 805. The third kappa shape index (κ3) is 5.06. The molecule has 0 saturated carbocycles. The molecule has 2 aromatic rings. The molecule has 144 valence electrons. The van der Waals surface area contributed by atoms with Gasteiger partial charge in [0.25, 0.3) is 0 Å². The number of methoxy groups -OCH3 is 1. The number of rotatable bonds is 5. The zero-order valence-electron chi connectivity index (χ0n) is 16.2. The lowest BCUT2D eigenvalue weighted by atomic mass is 10.1. The Hall–Kier alpha value is -2.89. The molecular weight excluding hydrogens is 342 g/mol. The van der Waals surface area contributed by atoms with E-state index in [9.17, 15) is 0 Å². The van der Waals surface area contributed by atoms with Gasteiger partial charge in [0.2, 0.25) is 0 Å². The first-order chi connectivity index (χ1) is 13.2. The Balaban J connectivity index is 1.56. The maximum atomic E-state index is 5.74. The molecule has 1 aliphatic rings. The number of guanidine groups is 1. The molecule has 1 heterocycles. The van der Waals surface area contributed by atoms with Gasteiger partial charge in [-0.3, -0.25) is 4.99 Å². The Morgan fingerprint density at radius 3 is 2.70 bits per heavy atom. The van der Waals surface area contributed by atoms with Gasteiger partial charge in [-0.2, -0.15) is 0 Å². The van der Waals surface area contributed by atoms with E-state index in [0.717, 1.165) is 47.9 Å². The van der Waals surface area contributed by atoms with E-state index in [0.29, 0.717) is 19.2 Å². The van der Waals surface area contributed by atoms with Crippen molar-refractivity contribution in [3.8, 4) is 17.2 Å². The van der Waals surface area contributed by atoms with E-state index in [1.54, 1.807) is 14.2 Å². The van der Waals surface area contributed by atoms with Gasteiger partial charge in [0, 0.05) is 31.8 Å². The van der Waals surface area contributed by atoms with Crippen LogP contribution in [0.5, 0.6) is 17.2 Å². The number of nitrogens with one attached hydrogen (secondary N) is 2. The van der Waals surface area contributed by atoms with Crippen LogP contribution >= 0.6 is 0 Å². The number of aliphatic imine (C=N–C) groups is 1. The van der Waals surface area contributed by atoms with E-state index >= 15 is 0 Å². The van der Waals surface area contributed by atoms with Crippen LogP contribution in [-0.4, -0.2) is 39.9 Å². The molecule has 0 amide bonds. The number of ether oxygens (including phenoxy) is 3. The van der Waals surface area contributed by atoms with E-state index in [2.05, 4.69) is 33.8 Å². The second-order valence-corrected chi connectivity index (χ2v) is 6.39. The smallest absolute Gasteiger partial charge is 0.195 e. The zero-order valence-corrected chi connectivity index (χ0v) is 16.2. The molecular formula is C21H27N3O3. The van der Waals surface area contributed by atoms with Gasteiger partial charge in [-0.1, -0.05) is 12.1 Å². The van der Waals surface area contributed by atoms with Crippen LogP contribution in [0.3, 0.4) is 0 Å². The highest BCUT2D eigenvalue weighted by atomic mass is 16.5. The average Bonchev–Trinajstić information content (AvgIpc) is 2.93. The van der Waals surface area contributed by atoms with Gasteiger partial charge in [0.1, 0.15) is 5.75 Å². The molecule has 0 bridgehead atoms. The van der Waals surface area contributed by atoms with Crippen molar-refractivity contribution < 1.29 is 14.2 Å². The Kier molecular flexibility index (Phi) is 6.41. The van der Waals surface area contributed by atoms with Gasteiger partial charge in [-0.25, -0.2) is 0 Å². The van der Waals surface area contributed by atoms with E-state index < -0.39 is 0 Å². The Morgan fingerprint density at radius 2 is 1.93 bits per heavy atom. The first-order valence-electron chi connectivity index (χ1n) is 9.20. The molecule has 0 aliphatic carbocycles. The van der Waals surface area contributed by atoms with E-state index in [-0.39, 0.29) is 0 Å². The number of nitrogens with zero attached hydrogens (tertiary/aromatic N) is 1. The lowest BCUT2D eigenvalue weighted by Gasteiger charge is -2.14. The molecule has 0 spiro atoms. The first-order valence-corrected chi connectivity index (χ1v) is 9.20. The number of hydrogen-bond donors (Lipinski definition) is 2. The molecule has 27 heavy (non-hydrogen) atoms. The highest BCUT2D eigenvalue weighted by molar-refractivity contribution is 5.93. The summed E-state index contributed by atoms with van der Waals surface area (Å²) in [5.74, 6) is 3.18. The van der Waals surface area contributed by atoms with Gasteiger partial charge in [-0.05, 0) is 42.7 Å². The van der Waals surface area contributed by atoms with E-state index in [1.807, 2.05) is 25.1 Å². The van der Waals surface area contributed by atoms with Crippen molar-refractivity contribution >= 4 is 11.6 Å². The maximum Gasteiger partial charge on any atom is 0.195 e. The van der Waals surface area contributed by atoms with Gasteiger partial charge in [0.15, 0.2) is 17.5 Å². The third-order valence-corrected chi connectivity index (χ3v) is 4.41. The Morgan fingerprint density at radius 1 is 1.11 bits per heavy atom. The van der Waals surface area contributed by atoms with Gasteiger partial charge in [0.05, 0.1) is 20.3 Å². The number of aryl methyl sites for hydroxylation is 1. The summed E-state index contributed by atoms with van der Waals surface area (Å²) in [5.41, 5.74) is 3.27. The number of fused-ring (bicyclic) bond motifs is 1. The fourth-order valence-corrected chi connectivity index (χ4v) is 2.90. The largest absolute Gasteiger partial charge is 0.496 e. The summed E-state index contributed by atoms with van der Waals surface area (Å²) in [6, 6.07) is 12.1. The van der Waals surface area contributed by atoms with Crippen LogP contribution in [0, 0.1) is 6.92 Å². The predicted molar refractivity (Wildman–Crippen MR) is 108 cm³/mol. The standard InChI is InChI=1S/C21H27N3O3/c1-15-5-6-16(13-19(15)25-3)9-10-23-21(22-2)24-17-7-8-18-20(14-17)27-12-4-11-26-18/h5-8,13-14H,4,9-12H2,1-3H3,(H2,22,23,24). The van der Waals surface area contributed by atoms with Crippen molar-refractivity contribution in [3.63, 3.8) is 0 Å². The quantitative estimate of drug-likeness (QED) is 0.625. The molecule has 0 saturated heterocycles. The second kappa shape index (κ2) is 9.16. The van der Waals surface area contributed by atoms with Crippen molar-refractivity contribution in [2.45, 2.75) is 19.8 Å². The highest BCUT2D eigenvalue weighted by Gasteiger charge is 2.11. The molecule has 2 N–H and O–H groups in total. The lowest BCUT2D eigenvalue weighted by molar-refractivity contribution is 0.297. The van der Waals surface area contributed by atoms with Crippen LogP contribution in [0.2, 0.25) is 0 Å². The van der Waals surface area contributed by atoms with Crippen LogP contribution in [0.25, 0.3) is 0 Å². The molecule has 6 nitrogen and oxygen atoms in total.